The van der Waals surface area contributed by atoms with Gasteiger partial charge in [0.05, 0.1) is 5.92 Å². The molecular formula is C15H26F3NOS. The number of rotatable bonds is 4. The molecular weight excluding hydrogens is 299 g/mol. The van der Waals surface area contributed by atoms with Crippen molar-refractivity contribution in [3.05, 3.63) is 0 Å². The van der Waals surface area contributed by atoms with Crippen LogP contribution < -0.4 is 5.32 Å². The molecule has 0 amide bonds. The molecule has 2 aliphatic carbocycles. The van der Waals surface area contributed by atoms with Crippen molar-refractivity contribution in [2.45, 2.75) is 81.8 Å². The zero-order valence-corrected chi connectivity index (χ0v) is 13.4. The summed E-state index contributed by atoms with van der Waals surface area (Å²) in [5.74, 6) is -0.468. The van der Waals surface area contributed by atoms with Crippen LogP contribution in [0, 0.1) is 5.92 Å². The first-order valence-electron chi connectivity index (χ1n) is 8.10. The maximum atomic E-state index is 12.8. The van der Waals surface area contributed by atoms with Gasteiger partial charge in [0.25, 0.3) is 0 Å². The zero-order valence-electron chi connectivity index (χ0n) is 12.6. The minimum Gasteiger partial charge on any atom is -0.311 e. The Kier molecular flexibility index (Phi) is 6.12. The second kappa shape index (κ2) is 7.44. The number of hydrogen-bond donors (Lipinski definition) is 1. The molecule has 124 valence electrons. The minimum atomic E-state index is -4.06. The highest BCUT2D eigenvalue weighted by Crippen LogP contribution is 2.38. The van der Waals surface area contributed by atoms with Gasteiger partial charge in [0.1, 0.15) is 0 Å². The first kappa shape index (κ1) is 17.3. The van der Waals surface area contributed by atoms with E-state index in [0.717, 1.165) is 32.1 Å². The molecule has 0 aromatic rings. The molecule has 21 heavy (non-hydrogen) atoms. The summed E-state index contributed by atoms with van der Waals surface area (Å²) < 4.78 is 50.4. The van der Waals surface area contributed by atoms with Crippen LogP contribution in [0.1, 0.15) is 58.3 Å². The van der Waals surface area contributed by atoms with Crippen molar-refractivity contribution in [2.24, 2.45) is 5.92 Å². The van der Waals surface area contributed by atoms with Gasteiger partial charge in [0.2, 0.25) is 0 Å². The SMILES string of the molecule is CC[S@](=O)[C@@H]1CCC[C@H](N[C@H]2CCC[C@@H](C(F)(F)F)C2)C1. The van der Waals surface area contributed by atoms with Crippen LogP contribution in [0.2, 0.25) is 0 Å². The fourth-order valence-corrected chi connectivity index (χ4v) is 5.09. The van der Waals surface area contributed by atoms with Crippen molar-refractivity contribution >= 4 is 10.8 Å². The lowest BCUT2D eigenvalue weighted by atomic mass is 9.84. The third-order valence-corrected chi connectivity index (χ3v) is 6.63. The Morgan fingerprint density at radius 2 is 1.67 bits per heavy atom. The number of halogens is 3. The van der Waals surface area contributed by atoms with Crippen molar-refractivity contribution in [1.82, 2.24) is 5.32 Å². The Hall–Kier alpha value is -0.100. The van der Waals surface area contributed by atoms with E-state index < -0.39 is 22.9 Å². The molecule has 2 rings (SSSR count). The third kappa shape index (κ3) is 4.95. The maximum absolute atomic E-state index is 12.8. The van der Waals surface area contributed by atoms with E-state index >= 15 is 0 Å². The average Bonchev–Trinajstić information content (AvgIpc) is 2.46. The zero-order chi connectivity index (χ0) is 15.5. The molecule has 0 aliphatic heterocycles. The highest BCUT2D eigenvalue weighted by Gasteiger charge is 2.42. The van der Waals surface area contributed by atoms with Crippen LogP contribution in [0.25, 0.3) is 0 Å². The molecule has 6 heteroatoms. The summed E-state index contributed by atoms with van der Waals surface area (Å²) in [6.07, 6.45) is 1.80. The van der Waals surface area contributed by atoms with Gasteiger partial charge in [-0.15, -0.1) is 0 Å². The van der Waals surface area contributed by atoms with Crippen molar-refractivity contribution in [1.29, 1.82) is 0 Å². The molecule has 0 aromatic heterocycles. The predicted octanol–water partition coefficient (Wildman–Crippen LogP) is 3.78. The summed E-state index contributed by atoms with van der Waals surface area (Å²) >= 11 is 0. The monoisotopic (exact) mass is 325 g/mol. The number of hydrogen-bond acceptors (Lipinski definition) is 2. The largest absolute Gasteiger partial charge is 0.391 e. The fraction of sp³-hybridized carbons (Fsp3) is 1.00. The van der Waals surface area contributed by atoms with Gasteiger partial charge < -0.3 is 5.32 Å². The van der Waals surface area contributed by atoms with Gasteiger partial charge in [0, 0.05) is 33.9 Å². The molecule has 0 saturated heterocycles. The van der Waals surface area contributed by atoms with Crippen LogP contribution in [0.3, 0.4) is 0 Å². The van der Waals surface area contributed by atoms with Crippen LogP contribution in [0.4, 0.5) is 13.2 Å². The first-order chi connectivity index (χ1) is 9.90. The molecule has 0 unspecified atom stereocenters. The van der Waals surface area contributed by atoms with Crippen molar-refractivity contribution < 1.29 is 17.4 Å². The van der Waals surface area contributed by atoms with Crippen molar-refractivity contribution in [2.75, 3.05) is 5.75 Å². The Morgan fingerprint density at radius 1 is 1.05 bits per heavy atom. The molecule has 0 bridgehead atoms. The van der Waals surface area contributed by atoms with Crippen LogP contribution >= 0.6 is 0 Å². The van der Waals surface area contributed by atoms with E-state index in [2.05, 4.69) is 5.32 Å². The lowest BCUT2D eigenvalue weighted by molar-refractivity contribution is -0.183. The quantitative estimate of drug-likeness (QED) is 0.852. The summed E-state index contributed by atoms with van der Waals surface area (Å²) in [6, 6.07) is 0.223. The first-order valence-corrected chi connectivity index (χ1v) is 9.48. The van der Waals surface area contributed by atoms with Crippen LogP contribution in [-0.4, -0.2) is 33.5 Å². The molecule has 0 aromatic carbocycles. The smallest absolute Gasteiger partial charge is 0.311 e. The molecule has 0 radical (unpaired) electrons. The maximum Gasteiger partial charge on any atom is 0.391 e. The third-order valence-electron chi connectivity index (χ3n) is 4.89. The molecule has 0 spiro atoms. The van der Waals surface area contributed by atoms with E-state index in [-0.39, 0.29) is 30.2 Å². The molecule has 2 nitrogen and oxygen atoms in total. The average molecular weight is 325 g/mol. The number of alkyl halides is 3. The molecule has 5 atom stereocenters. The highest BCUT2D eigenvalue weighted by atomic mass is 32.2. The van der Waals surface area contributed by atoms with Crippen molar-refractivity contribution in [3.8, 4) is 0 Å². The lowest BCUT2D eigenvalue weighted by Gasteiger charge is -2.36. The van der Waals surface area contributed by atoms with Gasteiger partial charge in [-0.25, -0.2) is 0 Å². The Morgan fingerprint density at radius 3 is 2.29 bits per heavy atom. The summed E-state index contributed by atoms with van der Waals surface area (Å²) in [5.41, 5.74) is 0. The fourth-order valence-electron chi connectivity index (χ4n) is 3.74. The summed E-state index contributed by atoms with van der Waals surface area (Å²) in [5, 5.41) is 3.66. The Bertz CT molecular complexity index is 361. The van der Waals surface area contributed by atoms with Crippen LogP contribution in [0.5, 0.6) is 0 Å². The topological polar surface area (TPSA) is 29.1 Å². The minimum absolute atomic E-state index is 0.0239. The molecule has 1 N–H and O–H groups in total. The van der Waals surface area contributed by atoms with E-state index in [1.54, 1.807) is 0 Å². The highest BCUT2D eigenvalue weighted by molar-refractivity contribution is 7.85. The van der Waals surface area contributed by atoms with E-state index in [4.69, 9.17) is 0 Å². The van der Waals surface area contributed by atoms with Gasteiger partial charge in [-0.05, 0) is 38.5 Å². The molecule has 2 aliphatic rings. The lowest BCUT2D eigenvalue weighted by Crippen LogP contribution is -2.46. The van der Waals surface area contributed by atoms with Gasteiger partial charge in [-0.1, -0.05) is 19.8 Å². The van der Waals surface area contributed by atoms with E-state index in [0.29, 0.717) is 12.2 Å². The molecule has 2 fully saturated rings. The second-order valence-corrected chi connectivity index (χ2v) is 8.43. The predicted molar refractivity (Wildman–Crippen MR) is 79.7 cm³/mol. The number of nitrogens with one attached hydrogen (secondary N) is 1. The van der Waals surface area contributed by atoms with E-state index in [9.17, 15) is 17.4 Å². The van der Waals surface area contributed by atoms with Gasteiger partial charge in [0.15, 0.2) is 0 Å². The van der Waals surface area contributed by atoms with Crippen molar-refractivity contribution in [3.63, 3.8) is 0 Å². The summed E-state index contributed by atoms with van der Waals surface area (Å²) in [4.78, 5) is 0. The van der Waals surface area contributed by atoms with Gasteiger partial charge in [-0.3, -0.25) is 4.21 Å². The van der Waals surface area contributed by atoms with E-state index in [1.807, 2.05) is 6.92 Å². The van der Waals surface area contributed by atoms with Crippen LogP contribution in [-0.2, 0) is 10.8 Å². The molecule has 2 saturated carbocycles. The van der Waals surface area contributed by atoms with E-state index in [1.165, 1.54) is 0 Å². The van der Waals surface area contributed by atoms with Gasteiger partial charge >= 0.3 is 6.18 Å². The molecule has 0 heterocycles. The normalized spacial score (nSPS) is 36.4. The Balaban J connectivity index is 1.85. The standard InChI is InChI=1S/C15H26F3NOS/c1-2-21(20)14-8-4-7-13(10-14)19-12-6-3-5-11(9-12)15(16,17)18/h11-14,19H,2-10H2,1H3/t11-,12+,13+,14-,21+/m1/s1. The Labute approximate surface area is 127 Å². The second-order valence-electron chi connectivity index (χ2n) is 6.42. The van der Waals surface area contributed by atoms with Crippen LogP contribution in [0.15, 0.2) is 0 Å². The summed E-state index contributed by atoms with van der Waals surface area (Å²) in [6.45, 7) is 1.93. The summed E-state index contributed by atoms with van der Waals surface area (Å²) in [7, 11) is -0.782. The van der Waals surface area contributed by atoms with Gasteiger partial charge in [-0.2, -0.15) is 13.2 Å².